The van der Waals surface area contributed by atoms with Crippen molar-refractivity contribution in [2.45, 2.75) is 25.6 Å². The minimum Gasteiger partial charge on any atom is -0.280 e. The molecule has 0 unspecified atom stereocenters. The van der Waals surface area contributed by atoms with Gasteiger partial charge in [-0.25, -0.2) is 0 Å². The van der Waals surface area contributed by atoms with Gasteiger partial charge in [0.25, 0.3) is 0 Å². The molecule has 13 heavy (non-hydrogen) atoms. The van der Waals surface area contributed by atoms with Crippen molar-refractivity contribution in [1.29, 1.82) is 0 Å². The van der Waals surface area contributed by atoms with Crippen molar-refractivity contribution in [1.82, 2.24) is 0 Å². The summed E-state index contributed by atoms with van der Waals surface area (Å²) in [6.45, 7) is 5.64. The van der Waals surface area contributed by atoms with E-state index in [4.69, 9.17) is 23.2 Å². The SMILES string of the molecule is CC1=CC(C)(Cl)C=C(C)C1C(=O)Cl. The highest BCUT2D eigenvalue weighted by Crippen LogP contribution is 2.34. The van der Waals surface area contributed by atoms with Crippen molar-refractivity contribution in [3.8, 4) is 0 Å². The number of carbonyl (C=O) groups excluding carboxylic acids is 1. The Bertz CT molecular complexity index is 278. The van der Waals surface area contributed by atoms with Crippen LogP contribution in [0.1, 0.15) is 20.8 Å². The van der Waals surface area contributed by atoms with Gasteiger partial charge in [-0.2, -0.15) is 0 Å². The average Bonchev–Trinajstić information content (AvgIpc) is 1.78. The summed E-state index contributed by atoms with van der Waals surface area (Å²) in [5, 5.41) is -0.338. The normalized spacial score (nSPS) is 33.8. The summed E-state index contributed by atoms with van der Waals surface area (Å²) in [5.74, 6) is -0.284. The first-order valence-electron chi connectivity index (χ1n) is 4.10. The van der Waals surface area contributed by atoms with Crippen LogP contribution in [-0.2, 0) is 4.79 Å². The first-order chi connectivity index (χ1) is 5.83. The van der Waals surface area contributed by atoms with Crippen molar-refractivity contribution < 1.29 is 4.79 Å². The minimum atomic E-state index is -0.475. The lowest BCUT2D eigenvalue weighted by atomic mass is 9.84. The van der Waals surface area contributed by atoms with E-state index in [1.807, 2.05) is 32.9 Å². The van der Waals surface area contributed by atoms with Crippen molar-refractivity contribution in [2.24, 2.45) is 5.92 Å². The summed E-state index contributed by atoms with van der Waals surface area (Å²) >= 11 is 11.6. The fourth-order valence-corrected chi connectivity index (χ4v) is 2.50. The van der Waals surface area contributed by atoms with Crippen LogP contribution in [-0.4, -0.2) is 10.1 Å². The van der Waals surface area contributed by atoms with E-state index in [1.54, 1.807) is 0 Å². The first-order valence-corrected chi connectivity index (χ1v) is 4.86. The third-order valence-corrected chi connectivity index (χ3v) is 2.59. The Hall–Kier alpha value is -0.270. The molecule has 72 valence electrons. The summed E-state index contributed by atoms with van der Waals surface area (Å²) in [6, 6.07) is 0. The second-order valence-electron chi connectivity index (χ2n) is 3.67. The standard InChI is InChI=1S/C10H12Cl2O/c1-6-4-10(3,12)5-7(2)8(6)9(11)13/h4-5,8H,1-3H3. The Labute approximate surface area is 88.4 Å². The molecule has 1 aliphatic rings. The van der Waals surface area contributed by atoms with Gasteiger partial charge < -0.3 is 0 Å². The molecule has 0 spiro atoms. The monoisotopic (exact) mass is 218 g/mol. The Kier molecular flexibility index (Phi) is 2.88. The van der Waals surface area contributed by atoms with Gasteiger partial charge in [0, 0.05) is 0 Å². The maximum Gasteiger partial charge on any atom is 0.232 e. The van der Waals surface area contributed by atoms with E-state index in [1.165, 1.54) is 0 Å². The molecule has 0 heterocycles. The van der Waals surface area contributed by atoms with Crippen LogP contribution in [0.25, 0.3) is 0 Å². The molecule has 0 N–H and O–H groups in total. The van der Waals surface area contributed by atoms with E-state index in [2.05, 4.69) is 0 Å². The van der Waals surface area contributed by atoms with Gasteiger partial charge in [0.05, 0.1) is 10.8 Å². The number of alkyl halides is 1. The molecule has 0 aromatic heterocycles. The molecular formula is C10H12Cl2O. The lowest BCUT2D eigenvalue weighted by molar-refractivity contribution is -0.113. The maximum atomic E-state index is 11.1. The fourth-order valence-electron chi connectivity index (χ4n) is 1.82. The topological polar surface area (TPSA) is 17.1 Å². The van der Waals surface area contributed by atoms with Gasteiger partial charge in [-0.1, -0.05) is 23.3 Å². The van der Waals surface area contributed by atoms with E-state index < -0.39 is 4.87 Å². The van der Waals surface area contributed by atoms with Gasteiger partial charge in [0.2, 0.25) is 5.24 Å². The van der Waals surface area contributed by atoms with Crippen LogP contribution in [0.15, 0.2) is 23.3 Å². The molecule has 0 aromatic rings. The van der Waals surface area contributed by atoms with Crippen LogP contribution in [0, 0.1) is 5.92 Å². The Morgan fingerprint density at radius 1 is 1.38 bits per heavy atom. The zero-order valence-electron chi connectivity index (χ0n) is 7.90. The van der Waals surface area contributed by atoms with E-state index in [-0.39, 0.29) is 11.2 Å². The molecule has 0 radical (unpaired) electrons. The van der Waals surface area contributed by atoms with Gasteiger partial charge in [-0.3, -0.25) is 4.79 Å². The van der Waals surface area contributed by atoms with Crippen LogP contribution >= 0.6 is 23.2 Å². The molecule has 0 aromatic carbocycles. The number of rotatable bonds is 1. The number of hydrogen-bond acceptors (Lipinski definition) is 1. The van der Waals surface area contributed by atoms with Crippen LogP contribution in [0.5, 0.6) is 0 Å². The van der Waals surface area contributed by atoms with Crippen LogP contribution in [0.3, 0.4) is 0 Å². The summed E-state index contributed by atoms with van der Waals surface area (Å²) < 4.78 is 0. The van der Waals surface area contributed by atoms with Gasteiger partial charge in [-0.05, 0) is 32.4 Å². The Morgan fingerprint density at radius 3 is 2.08 bits per heavy atom. The maximum absolute atomic E-state index is 11.1. The van der Waals surface area contributed by atoms with Crippen molar-refractivity contribution >= 4 is 28.4 Å². The predicted octanol–water partition coefficient (Wildman–Crippen LogP) is 3.27. The van der Waals surface area contributed by atoms with Crippen LogP contribution < -0.4 is 0 Å². The van der Waals surface area contributed by atoms with Gasteiger partial charge in [0.15, 0.2) is 0 Å². The molecule has 0 atom stereocenters. The molecule has 0 amide bonds. The van der Waals surface area contributed by atoms with E-state index >= 15 is 0 Å². The highest BCUT2D eigenvalue weighted by molar-refractivity contribution is 6.64. The second-order valence-corrected chi connectivity index (χ2v) is 4.85. The van der Waals surface area contributed by atoms with E-state index in [0.717, 1.165) is 11.1 Å². The lowest BCUT2D eigenvalue weighted by Crippen LogP contribution is -2.23. The molecule has 1 rings (SSSR count). The van der Waals surface area contributed by atoms with Crippen LogP contribution in [0.2, 0.25) is 0 Å². The second kappa shape index (κ2) is 3.47. The molecular weight excluding hydrogens is 207 g/mol. The molecule has 3 heteroatoms. The number of halogens is 2. The van der Waals surface area contributed by atoms with Crippen molar-refractivity contribution in [3.05, 3.63) is 23.3 Å². The van der Waals surface area contributed by atoms with E-state index in [0.29, 0.717) is 0 Å². The molecule has 0 fully saturated rings. The summed E-state index contributed by atoms with van der Waals surface area (Å²) in [5.41, 5.74) is 1.86. The third-order valence-electron chi connectivity index (χ3n) is 2.16. The van der Waals surface area contributed by atoms with Crippen molar-refractivity contribution in [2.75, 3.05) is 0 Å². The highest BCUT2D eigenvalue weighted by atomic mass is 35.5. The average molecular weight is 219 g/mol. The van der Waals surface area contributed by atoms with Gasteiger partial charge >= 0.3 is 0 Å². The molecule has 1 nitrogen and oxygen atoms in total. The quantitative estimate of drug-likeness (QED) is 0.375. The number of carbonyl (C=O) groups is 1. The van der Waals surface area contributed by atoms with Gasteiger partial charge in [-0.15, -0.1) is 11.6 Å². The van der Waals surface area contributed by atoms with E-state index in [9.17, 15) is 4.79 Å². The Balaban J connectivity index is 3.07. The zero-order chi connectivity index (χ0) is 10.2. The fraction of sp³-hybridized carbons (Fsp3) is 0.500. The number of hydrogen-bond donors (Lipinski definition) is 0. The molecule has 1 aliphatic carbocycles. The summed E-state index contributed by atoms with van der Waals surface area (Å²) in [4.78, 5) is 10.6. The zero-order valence-corrected chi connectivity index (χ0v) is 9.41. The minimum absolute atomic E-state index is 0.284. The predicted molar refractivity (Wildman–Crippen MR) is 56.1 cm³/mol. The summed E-state index contributed by atoms with van der Waals surface area (Å²) in [6.07, 6.45) is 3.74. The van der Waals surface area contributed by atoms with Crippen LogP contribution in [0.4, 0.5) is 0 Å². The number of allylic oxidation sites excluding steroid dienone is 4. The molecule has 0 saturated heterocycles. The molecule has 0 aliphatic heterocycles. The molecule has 0 bridgehead atoms. The summed E-state index contributed by atoms with van der Waals surface area (Å²) in [7, 11) is 0. The lowest BCUT2D eigenvalue weighted by Gasteiger charge is -2.26. The Morgan fingerprint density at radius 2 is 1.77 bits per heavy atom. The largest absolute Gasteiger partial charge is 0.280 e. The molecule has 0 saturated carbocycles. The highest BCUT2D eigenvalue weighted by Gasteiger charge is 2.29. The first kappa shape index (κ1) is 10.8. The van der Waals surface area contributed by atoms with Crippen molar-refractivity contribution in [3.63, 3.8) is 0 Å². The van der Waals surface area contributed by atoms with Gasteiger partial charge in [0.1, 0.15) is 0 Å². The third kappa shape index (κ3) is 2.35. The smallest absolute Gasteiger partial charge is 0.232 e.